The summed E-state index contributed by atoms with van der Waals surface area (Å²) in [6.07, 6.45) is 10.5. The molecule has 2 heteroatoms. The zero-order valence-electron chi connectivity index (χ0n) is 8.97. The molecule has 1 nitrogen and oxygen atoms in total. The number of terminal acetylenes is 1. The third kappa shape index (κ3) is 3.97. The predicted octanol–water partition coefficient (Wildman–Crippen LogP) is 3.03. The van der Waals surface area contributed by atoms with Crippen LogP contribution in [-0.4, -0.2) is 14.4 Å². The summed E-state index contributed by atoms with van der Waals surface area (Å²) in [6, 6.07) is 0. The lowest BCUT2D eigenvalue weighted by Gasteiger charge is -2.31. The average Bonchev–Trinajstić information content (AvgIpc) is 2.03. The first-order chi connectivity index (χ1) is 6.01. The van der Waals surface area contributed by atoms with Crippen LogP contribution in [0.2, 0.25) is 19.6 Å². The van der Waals surface area contributed by atoms with Crippen molar-refractivity contribution in [3.8, 4) is 12.3 Å². The van der Waals surface area contributed by atoms with Crippen LogP contribution in [0.15, 0.2) is 0 Å². The molecule has 0 amide bonds. The monoisotopic (exact) mass is 196 g/mol. The van der Waals surface area contributed by atoms with Gasteiger partial charge in [-0.25, -0.2) is 0 Å². The zero-order valence-corrected chi connectivity index (χ0v) is 9.97. The third-order valence-corrected chi connectivity index (χ3v) is 3.47. The van der Waals surface area contributed by atoms with E-state index in [4.69, 9.17) is 10.8 Å². The van der Waals surface area contributed by atoms with Crippen LogP contribution in [-0.2, 0) is 4.43 Å². The topological polar surface area (TPSA) is 9.23 Å². The third-order valence-electron chi connectivity index (χ3n) is 2.43. The van der Waals surface area contributed by atoms with E-state index in [9.17, 15) is 0 Å². The fourth-order valence-electron chi connectivity index (χ4n) is 1.85. The van der Waals surface area contributed by atoms with Crippen LogP contribution in [0.5, 0.6) is 0 Å². The van der Waals surface area contributed by atoms with Crippen LogP contribution in [0.4, 0.5) is 0 Å². The molecular formula is C11H20OSi. The van der Waals surface area contributed by atoms with Crippen molar-refractivity contribution in [1.82, 2.24) is 0 Å². The van der Waals surface area contributed by atoms with Gasteiger partial charge < -0.3 is 4.43 Å². The van der Waals surface area contributed by atoms with Crippen LogP contribution < -0.4 is 0 Å². The molecular weight excluding hydrogens is 176 g/mol. The molecule has 74 valence electrons. The van der Waals surface area contributed by atoms with Gasteiger partial charge in [-0.1, -0.05) is 0 Å². The Balaban J connectivity index is 2.30. The Bertz CT molecular complexity index is 191. The van der Waals surface area contributed by atoms with Crippen LogP contribution in [0.3, 0.4) is 0 Å². The normalized spacial score (nSPS) is 29.7. The van der Waals surface area contributed by atoms with E-state index in [-0.39, 0.29) is 0 Å². The van der Waals surface area contributed by atoms with Gasteiger partial charge >= 0.3 is 0 Å². The van der Waals surface area contributed by atoms with Gasteiger partial charge in [0.2, 0.25) is 0 Å². The van der Waals surface area contributed by atoms with E-state index in [0.29, 0.717) is 12.0 Å². The van der Waals surface area contributed by atoms with Gasteiger partial charge in [-0.2, -0.15) is 0 Å². The van der Waals surface area contributed by atoms with E-state index in [1.54, 1.807) is 0 Å². The van der Waals surface area contributed by atoms with Gasteiger partial charge in [0.25, 0.3) is 0 Å². The molecule has 0 N–H and O–H groups in total. The molecule has 0 heterocycles. The highest BCUT2D eigenvalue weighted by Crippen LogP contribution is 2.27. The molecule has 0 radical (unpaired) electrons. The summed E-state index contributed by atoms with van der Waals surface area (Å²) in [5.41, 5.74) is 0. The summed E-state index contributed by atoms with van der Waals surface area (Å²) < 4.78 is 6.04. The molecule has 1 rings (SSSR count). The highest BCUT2D eigenvalue weighted by molar-refractivity contribution is 6.69. The Morgan fingerprint density at radius 2 is 1.69 bits per heavy atom. The minimum absolute atomic E-state index is 0.497. The van der Waals surface area contributed by atoms with Gasteiger partial charge in [0.15, 0.2) is 8.32 Å². The summed E-state index contributed by atoms with van der Waals surface area (Å²) in [6.45, 7) is 6.75. The Kier molecular flexibility index (Phi) is 3.58. The van der Waals surface area contributed by atoms with E-state index in [1.165, 1.54) is 12.8 Å². The predicted molar refractivity (Wildman–Crippen MR) is 59.0 cm³/mol. The first-order valence-electron chi connectivity index (χ1n) is 5.15. The zero-order chi connectivity index (χ0) is 9.90. The summed E-state index contributed by atoms with van der Waals surface area (Å²) in [7, 11) is -1.33. The van der Waals surface area contributed by atoms with Crippen molar-refractivity contribution in [1.29, 1.82) is 0 Å². The molecule has 0 aromatic carbocycles. The molecule has 0 spiro atoms. The van der Waals surface area contributed by atoms with Gasteiger partial charge in [-0.3, -0.25) is 0 Å². The van der Waals surface area contributed by atoms with Crippen LogP contribution in [0, 0.1) is 18.3 Å². The summed E-state index contributed by atoms with van der Waals surface area (Å²) in [5, 5.41) is 0. The van der Waals surface area contributed by atoms with Gasteiger partial charge in [0, 0.05) is 12.0 Å². The Morgan fingerprint density at radius 1 is 1.15 bits per heavy atom. The second-order valence-corrected chi connectivity index (χ2v) is 9.33. The first kappa shape index (κ1) is 10.8. The highest BCUT2D eigenvalue weighted by Gasteiger charge is 2.25. The van der Waals surface area contributed by atoms with E-state index in [0.717, 1.165) is 12.8 Å². The summed E-state index contributed by atoms with van der Waals surface area (Å²) in [4.78, 5) is 0. The highest BCUT2D eigenvalue weighted by atomic mass is 28.4. The maximum Gasteiger partial charge on any atom is 0.184 e. The van der Waals surface area contributed by atoms with Gasteiger partial charge in [0.1, 0.15) is 0 Å². The Hall–Kier alpha value is -0.263. The minimum Gasteiger partial charge on any atom is -0.415 e. The molecule has 0 aliphatic heterocycles. The maximum atomic E-state index is 6.04. The Morgan fingerprint density at radius 3 is 2.08 bits per heavy atom. The quantitative estimate of drug-likeness (QED) is 0.487. The second-order valence-electron chi connectivity index (χ2n) is 4.87. The SMILES string of the molecule is C#CC1CCC(O[Si](C)(C)C)CC1. The lowest BCUT2D eigenvalue weighted by Crippen LogP contribution is -2.34. The van der Waals surface area contributed by atoms with Crippen molar-refractivity contribution < 1.29 is 4.43 Å². The smallest absolute Gasteiger partial charge is 0.184 e. The summed E-state index contributed by atoms with van der Waals surface area (Å²) in [5.74, 6) is 3.36. The second kappa shape index (κ2) is 4.30. The Labute approximate surface area is 83.0 Å². The van der Waals surface area contributed by atoms with E-state index < -0.39 is 8.32 Å². The van der Waals surface area contributed by atoms with Crippen molar-refractivity contribution in [2.75, 3.05) is 0 Å². The molecule has 0 atom stereocenters. The number of hydrogen-bond acceptors (Lipinski definition) is 1. The van der Waals surface area contributed by atoms with Crippen LogP contribution in [0.25, 0.3) is 0 Å². The standard InChI is InChI=1S/C11H20OSi/c1-5-10-6-8-11(9-7-10)12-13(2,3)4/h1,10-11H,6-9H2,2-4H3. The molecule has 1 aliphatic carbocycles. The molecule has 0 bridgehead atoms. The maximum absolute atomic E-state index is 6.04. The largest absolute Gasteiger partial charge is 0.415 e. The lowest BCUT2D eigenvalue weighted by atomic mass is 9.88. The minimum atomic E-state index is -1.33. The van der Waals surface area contributed by atoms with Crippen molar-refractivity contribution in [3.63, 3.8) is 0 Å². The summed E-state index contributed by atoms with van der Waals surface area (Å²) >= 11 is 0. The number of hydrogen-bond donors (Lipinski definition) is 0. The first-order valence-corrected chi connectivity index (χ1v) is 8.56. The van der Waals surface area contributed by atoms with E-state index in [2.05, 4.69) is 25.6 Å². The van der Waals surface area contributed by atoms with E-state index in [1.807, 2.05) is 0 Å². The van der Waals surface area contributed by atoms with Crippen molar-refractivity contribution in [3.05, 3.63) is 0 Å². The van der Waals surface area contributed by atoms with Crippen LogP contribution in [0.1, 0.15) is 25.7 Å². The molecule has 0 unspecified atom stereocenters. The molecule has 1 fully saturated rings. The van der Waals surface area contributed by atoms with Gasteiger partial charge in [-0.15, -0.1) is 12.3 Å². The average molecular weight is 196 g/mol. The number of rotatable bonds is 2. The fraction of sp³-hybridized carbons (Fsp3) is 0.818. The molecule has 1 saturated carbocycles. The van der Waals surface area contributed by atoms with Gasteiger partial charge in [-0.05, 0) is 45.3 Å². The van der Waals surface area contributed by atoms with Crippen molar-refractivity contribution >= 4 is 8.32 Å². The van der Waals surface area contributed by atoms with E-state index >= 15 is 0 Å². The molecule has 0 aromatic rings. The molecule has 0 aromatic heterocycles. The molecule has 1 aliphatic rings. The molecule has 13 heavy (non-hydrogen) atoms. The van der Waals surface area contributed by atoms with Crippen LogP contribution >= 0.6 is 0 Å². The lowest BCUT2D eigenvalue weighted by molar-refractivity contribution is 0.136. The fourth-order valence-corrected chi connectivity index (χ4v) is 3.08. The van der Waals surface area contributed by atoms with Gasteiger partial charge in [0.05, 0.1) is 0 Å². The van der Waals surface area contributed by atoms with Crippen molar-refractivity contribution in [2.45, 2.75) is 51.4 Å². The molecule has 0 saturated heterocycles. The van der Waals surface area contributed by atoms with Crippen molar-refractivity contribution in [2.24, 2.45) is 5.92 Å².